The van der Waals surface area contributed by atoms with Gasteiger partial charge in [-0.15, -0.1) is 0 Å². The van der Waals surface area contributed by atoms with E-state index in [4.69, 9.17) is 21.1 Å². The van der Waals surface area contributed by atoms with Gasteiger partial charge in [0.1, 0.15) is 0 Å². The highest BCUT2D eigenvalue weighted by Gasteiger charge is 2.15. The molecule has 0 aliphatic carbocycles. The molecule has 0 spiro atoms. The van der Waals surface area contributed by atoms with Crippen LogP contribution in [0.2, 0.25) is 5.02 Å². The van der Waals surface area contributed by atoms with Crippen molar-refractivity contribution < 1.29 is 14.3 Å². The van der Waals surface area contributed by atoms with Crippen molar-refractivity contribution >= 4 is 39.7 Å². The highest BCUT2D eigenvalue weighted by Crippen LogP contribution is 2.36. The molecular formula is C15H10BrClN2O3. The molecule has 0 saturated carbocycles. The lowest BCUT2D eigenvalue weighted by Crippen LogP contribution is -2.17. The maximum absolute atomic E-state index is 11.9. The number of ether oxygens (including phenoxy) is 2. The summed E-state index contributed by atoms with van der Waals surface area (Å²) in [5, 5.41) is 4.52. The highest BCUT2D eigenvalue weighted by atomic mass is 79.9. The van der Waals surface area contributed by atoms with Crippen molar-refractivity contribution in [1.82, 2.24) is 5.43 Å². The molecule has 1 N–H and O–H groups in total. The van der Waals surface area contributed by atoms with Gasteiger partial charge in [0.2, 0.25) is 6.79 Å². The van der Waals surface area contributed by atoms with E-state index in [0.29, 0.717) is 22.1 Å². The smallest absolute Gasteiger partial charge is 0.271 e. The summed E-state index contributed by atoms with van der Waals surface area (Å²) in [6.07, 6.45) is 1.53. The molecule has 5 nitrogen and oxygen atoms in total. The van der Waals surface area contributed by atoms with E-state index >= 15 is 0 Å². The molecule has 0 atom stereocenters. The molecule has 2 aromatic rings. The number of nitrogens with one attached hydrogen (secondary N) is 1. The van der Waals surface area contributed by atoms with Crippen LogP contribution in [0.25, 0.3) is 0 Å². The standard InChI is InChI=1S/C15H10BrClN2O3/c16-12-6-14-13(21-8-22-14)5-10(12)7-18-19-15(20)9-1-3-11(17)4-2-9/h1-7H,8H2,(H,19,20)/b18-7+. The molecule has 0 bridgehead atoms. The number of hydrogen-bond donors (Lipinski definition) is 1. The van der Waals surface area contributed by atoms with Crippen LogP contribution in [0.3, 0.4) is 0 Å². The number of hydrogen-bond acceptors (Lipinski definition) is 4. The Morgan fingerprint density at radius 2 is 1.91 bits per heavy atom. The van der Waals surface area contributed by atoms with Gasteiger partial charge in [-0.2, -0.15) is 5.10 Å². The van der Waals surface area contributed by atoms with Gasteiger partial charge >= 0.3 is 0 Å². The zero-order valence-corrected chi connectivity index (χ0v) is 13.5. The molecule has 1 amide bonds. The minimum absolute atomic E-state index is 0.204. The molecular weight excluding hydrogens is 372 g/mol. The molecule has 0 fully saturated rings. The number of carbonyl (C=O) groups is 1. The van der Waals surface area contributed by atoms with E-state index < -0.39 is 0 Å². The van der Waals surface area contributed by atoms with Crippen LogP contribution in [0, 0.1) is 0 Å². The summed E-state index contributed by atoms with van der Waals surface area (Å²) < 4.78 is 11.4. The summed E-state index contributed by atoms with van der Waals surface area (Å²) in [7, 11) is 0. The normalized spacial score (nSPS) is 12.6. The first-order valence-corrected chi connectivity index (χ1v) is 7.49. The Labute approximate surface area is 140 Å². The van der Waals surface area contributed by atoms with E-state index in [-0.39, 0.29) is 12.7 Å². The van der Waals surface area contributed by atoms with Crippen LogP contribution < -0.4 is 14.9 Å². The van der Waals surface area contributed by atoms with E-state index in [1.54, 1.807) is 36.4 Å². The lowest BCUT2D eigenvalue weighted by atomic mass is 10.2. The summed E-state index contributed by atoms with van der Waals surface area (Å²) in [5.74, 6) is 1.01. The second kappa shape index (κ2) is 6.37. The van der Waals surface area contributed by atoms with E-state index in [2.05, 4.69) is 26.5 Å². The number of carbonyl (C=O) groups excluding carboxylic acids is 1. The fourth-order valence-electron chi connectivity index (χ4n) is 1.86. The predicted molar refractivity (Wildman–Crippen MR) is 86.8 cm³/mol. The van der Waals surface area contributed by atoms with Crippen molar-refractivity contribution in [2.45, 2.75) is 0 Å². The highest BCUT2D eigenvalue weighted by molar-refractivity contribution is 9.10. The van der Waals surface area contributed by atoms with Crippen molar-refractivity contribution in [3.05, 3.63) is 57.0 Å². The first kappa shape index (κ1) is 14.9. The largest absolute Gasteiger partial charge is 0.454 e. The number of halogens is 2. The quantitative estimate of drug-likeness (QED) is 0.653. The molecule has 0 radical (unpaired) electrons. The SMILES string of the molecule is O=C(N/N=C/c1cc2c(cc1Br)OCO2)c1ccc(Cl)cc1. The Hall–Kier alpha value is -2.05. The second-order valence-electron chi connectivity index (χ2n) is 4.43. The molecule has 2 aromatic carbocycles. The number of rotatable bonds is 3. The van der Waals surface area contributed by atoms with Gasteiger partial charge in [-0.25, -0.2) is 5.43 Å². The third-order valence-corrected chi connectivity index (χ3v) is 3.91. The Balaban J connectivity index is 1.70. The van der Waals surface area contributed by atoms with Crippen molar-refractivity contribution in [3.63, 3.8) is 0 Å². The zero-order chi connectivity index (χ0) is 15.5. The average molecular weight is 382 g/mol. The summed E-state index contributed by atoms with van der Waals surface area (Å²) in [6.45, 7) is 0.204. The van der Waals surface area contributed by atoms with Crippen LogP contribution in [0.1, 0.15) is 15.9 Å². The minimum atomic E-state index is -0.315. The van der Waals surface area contributed by atoms with Gasteiger partial charge in [-0.1, -0.05) is 11.6 Å². The second-order valence-corrected chi connectivity index (χ2v) is 5.72. The van der Waals surface area contributed by atoms with Crippen LogP contribution in [-0.4, -0.2) is 18.9 Å². The molecule has 1 aliphatic rings. The zero-order valence-electron chi connectivity index (χ0n) is 11.2. The first-order valence-electron chi connectivity index (χ1n) is 6.31. The topological polar surface area (TPSA) is 59.9 Å². The molecule has 22 heavy (non-hydrogen) atoms. The fourth-order valence-corrected chi connectivity index (χ4v) is 2.41. The fraction of sp³-hybridized carbons (Fsp3) is 0.0667. The van der Waals surface area contributed by atoms with Crippen LogP contribution in [0.4, 0.5) is 0 Å². The number of benzene rings is 2. The Kier molecular flexibility index (Phi) is 4.31. The molecule has 1 aliphatic heterocycles. The van der Waals surface area contributed by atoms with Crippen LogP contribution in [0.15, 0.2) is 46.0 Å². The van der Waals surface area contributed by atoms with Crippen molar-refractivity contribution in [3.8, 4) is 11.5 Å². The number of hydrazone groups is 1. The van der Waals surface area contributed by atoms with Gasteiger partial charge in [0.05, 0.1) is 6.21 Å². The van der Waals surface area contributed by atoms with Crippen molar-refractivity contribution in [1.29, 1.82) is 0 Å². The Bertz CT molecular complexity index is 747. The van der Waals surface area contributed by atoms with Gasteiger partial charge in [-0.3, -0.25) is 4.79 Å². The summed E-state index contributed by atoms with van der Waals surface area (Å²) >= 11 is 9.19. The molecule has 7 heteroatoms. The van der Waals surface area contributed by atoms with Crippen molar-refractivity contribution in [2.24, 2.45) is 5.10 Å². The Morgan fingerprint density at radius 1 is 1.23 bits per heavy atom. The van der Waals surface area contributed by atoms with Gasteiger partial charge in [0.15, 0.2) is 11.5 Å². The third kappa shape index (κ3) is 3.23. The maximum atomic E-state index is 11.9. The molecule has 0 unspecified atom stereocenters. The van der Waals surface area contributed by atoms with Gasteiger partial charge < -0.3 is 9.47 Å². The van der Waals surface area contributed by atoms with Crippen LogP contribution >= 0.6 is 27.5 Å². The van der Waals surface area contributed by atoms with Crippen LogP contribution in [-0.2, 0) is 0 Å². The monoisotopic (exact) mass is 380 g/mol. The summed E-state index contributed by atoms with van der Waals surface area (Å²) in [4.78, 5) is 11.9. The lowest BCUT2D eigenvalue weighted by molar-refractivity contribution is 0.0955. The molecule has 112 valence electrons. The van der Waals surface area contributed by atoms with Crippen LogP contribution in [0.5, 0.6) is 11.5 Å². The van der Waals surface area contributed by atoms with E-state index in [1.165, 1.54) is 6.21 Å². The molecule has 3 rings (SSSR count). The Morgan fingerprint density at radius 3 is 2.64 bits per heavy atom. The summed E-state index contributed by atoms with van der Waals surface area (Å²) in [6, 6.07) is 10.1. The number of nitrogens with zero attached hydrogens (tertiary/aromatic N) is 1. The predicted octanol–water partition coefficient (Wildman–Crippen LogP) is 3.60. The average Bonchev–Trinajstić information content (AvgIpc) is 2.95. The van der Waals surface area contributed by atoms with Crippen molar-refractivity contribution in [2.75, 3.05) is 6.79 Å². The molecule has 0 saturated heterocycles. The summed E-state index contributed by atoms with van der Waals surface area (Å²) in [5.41, 5.74) is 3.70. The number of fused-ring (bicyclic) bond motifs is 1. The molecule has 0 aromatic heterocycles. The van der Waals surface area contributed by atoms with E-state index in [9.17, 15) is 4.79 Å². The first-order chi connectivity index (χ1) is 10.6. The molecule has 1 heterocycles. The third-order valence-electron chi connectivity index (χ3n) is 2.97. The lowest BCUT2D eigenvalue weighted by Gasteiger charge is -2.02. The maximum Gasteiger partial charge on any atom is 0.271 e. The number of amides is 1. The van der Waals surface area contributed by atoms with E-state index in [1.807, 2.05) is 0 Å². The van der Waals surface area contributed by atoms with Gasteiger partial charge in [-0.05, 0) is 52.3 Å². The van der Waals surface area contributed by atoms with E-state index in [0.717, 1.165) is 10.0 Å². The minimum Gasteiger partial charge on any atom is -0.454 e. The van der Waals surface area contributed by atoms with Gasteiger partial charge in [0, 0.05) is 20.6 Å². The van der Waals surface area contributed by atoms with Gasteiger partial charge in [0.25, 0.3) is 5.91 Å².